The molecule has 1 amide bonds. The highest BCUT2D eigenvalue weighted by atomic mass is 35.5. The van der Waals surface area contributed by atoms with Crippen LogP contribution in [0.15, 0.2) is 48.5 Å². The number of aromatic nitrogens is 2. The summed E-state index contributed by atoms with van der Waals surface area (Å²) < 4.78 is 2.04. The van der Waals surface area contributed by atoms with Gasteiger partial charge in [-0.2, -0.15) is 11.8 Å². The van der Waals surface area contributed by atoms with Gasteiger partial charge in [-0.1, -0.05) is 35.9 Å². The molecule has 140 valence electrons. The first-order chi connectivity index (χ1) is 13.1. The maximum absolute atomic E-state index is 13.0. The van der Waals surface area contributed by atoms with Crippen molar-refractivity contribution in [2.24, 2.45) is 0 Å². The van der Waals surface area contributed by atoms with Crippen LogP contribution >= 0.6 is 23.4 Å². The first kappa shape index (κ1) is 18.4. The van der Waals surface area contributed by atoms with Crippen molar-refractivity contribution in [1.29, 1.82) is 0 Å². The molecule has 0 unspecified atom stereocenters. The fourth-order valence-electron chi connectivity index (χ4n) is 3.78. The number of carbonyl (C=O) groups excluding carboxylic acids is 1. The van der Waals surface area contributed by atoms with Gasteiger partial charge in [-0.3, -0.25) is 4.79 Å². The number of halogens is 1. The molecule has 4 nitrogen and oxygen atoms in total. The molecular formula is C21H22ClN3OS. The lowest BCUT2D eigenvalue weighted by Gasteiger charge is -2.43. The van der Waals surface area contributed by atoms with E-state index < -0.39 is 0 Å². The van der Waals surface area contributed by atoms with Crippen LogP contribution in [0.1, 0.15) is 30.7 Å². The fourth-order valence-corrected chi connectivity index (χ4v) is 4.38. The normalized spacial score (nSPS) is 15.5. The molecule has 1 aromatic heterocycles. The van der Waals surface area contributed by atoms with E-state index in [1.807, 2.05) is 59.4 Å². The number of amides is 1. The summed E-state index contributed by atoms with van der Waals surface area (Å²) in [6, 6.07) is 15.8. The van der Waals surface area contributed by atoms with Crippen molar-refractivity contribution in [2.75, 3.05) is 6.26 Å². The van der Waals surface area contributed by atoms with E-state index >= 15 is 0 Å². The van der Waals surface area contributed by atoms with E-state index in [0.29, 0.717) is 5.02 Å². The zero-order chi connectivity index (χ0) is 18.9. The third kappa shape index (κ3) is 3.58. The molecule has 0 radical (unpaired) electrons. The number of imidazole rings is 1. The third-order valence-electron chi connectivity index (χ3n) is 5.29. The third-order valence-corrected chi connectivity index (χ3v) is 6.09. The van der Waals surface area contributed by atoms with E-state index in [2.05, 4.69) is 5.32 Å². The Hall–Kier alpha value is -1.98. The second-order valence-corrected chi connectivity index (χ2v) is 8.33. The lowest BCUT2D eigenvalue weighted by atomic mass is 9.72. The van der Waals surface area contributed by atoms with Crippen LogP contribution in [0.2, 0.25) is 5.02 Å². The van der Waals surface area contributed by atoms with Crippen LogP contribution < -0.4 is 5.32 Å². The Bertz CT molecular complexity index is 963. The van der Waals surface area contributed by atoms with E-state index in [0.717, 1.165) is 47.4 Å². The fraction of sp³-hybridized carbons (Fsp3) is 0.333. The van der Waals surface area contributed by atoms with E-state index in [-0.39, 0.29) is 18.0 Å². The molecule has 3 aromatic rings. The van der Waals surface area contributed by atoms with E-state index in [1.54, 1.807) is 11.8 Å². The Morgan fingerprint density at radius 2 is 1.96 bits per heavy atom. The zero-order valence-electron chi connectivity index (χ0n) is 15.2. The number of nitrogens with zero attached hydrogens (tertiary/aromatic N) is 2. The Morgan fingerprint density at radius 1 is 1.22 bits per heavy atom. The number of hydrogen-bond donors (Lipinski definition) is 1. The van der Waals surface area contributed by atoms with Crippen LogP contribution in [-0.2, 0) is 22.6 Å². The largest absolute Gasteiger partial charge is 0.345 e. The first-order valence-electron chi connectivity index (χ1n) is 9.11. The molecule has 6 heteroatoms. The first-order valence-corrected chi connectivity index (χ1v) is 10.9. The summed E-state index contributed by atoms with van der Waals surface area (Å²) in [5, 5.41) is 4.01. The minimum atomic E-state index is -0.266. The summed E-state index contributed by atoms with van der Waals surface area (Å²) >= 11 is 7.74. The maximum Gasteiger partial charge on any atom is 0.240 e. The molecule has 0 bridgehead atoms. The number of para-hydroxylation sites is 2. The van der Waals surface area contributed by atoms with Crippen LogP contribution in [0, 0.1) is 0 Å². The van der Waals surface area contributed by atoms with Crippen molar-refractivity contribution in [3.63, 3.8) is 0 Å². The topological polar surface area (TPSA) is 46.9 Å². The number of carbonyl (C=O) groups is 1. The Morgan fingerprint density at radius 3 is 2.63 bits per heavy atom. The molecule has 1 N–H and O–H groups in total. The molecule has 27 heavy (non-hydrogen) atoms. The Labute approximate surface area is 168 Å². The molecule has 1 heterocycles. The van der Waals surface area contributed by atoms with Crippen molar-refractivity contribution < 1.29 is 4.79 Å². The van der Waals surface area contributed by atoms with Gasteiger partial charge in [0.05, 0.1) is 22.3 Å². The number of benzene rings is 2. The van der Waals surface area contributed by atoms with E-state index in [4.69, 9.17) is 16.6 Å². The second kappa shape index (κ2) is 7.56. The smallest absolute Gasteiger partial charge is 0.240 e. The molecule has 2 aromatic carbocycles. The van der Waals surface area contributed by atoms with Gasteiger partial charge >= 0.3 is 0 Å². The van der Waals surface area contributed by atoms with Crippen molar-refractivity contribution in [3.8, 4) is 0 Å². The molecule has 1 aliphatic rings. The van der Waals surface area contributed by atoms with Gasteiger partial charge in [0.1, 0.15) is 12.4 Å². The van der Waals surface area contributed by atoms with Crippen LogP contribution in [0.4, 0.5) is 0 Å². The molecule has 0 spiro atoms. The summed E-state index contributed by atoms with van der Waals surface area (Å²) in [5.74, 6) is 1.74. The maximum atomic E-state index is 13.0. The van der Waals surface area contributed by atoms with Crippen LogP contribution in [0.25, 0.3) is 11.0 Å². The molecule has 4 rings (SSSR count). The SMILES string of the molecule is CSCc1nc2ccccc2n1CC(=O)NC1(c2ccc(Cl)cc2)CCC1. The highest BCUT2D eigenvalue weighted by Crippen LogP contribution is 2.41. The van der Waals surface area contributed by atoms with Crippen LogP contribution in [0.5, 0.6) is 0 Å². The number of thioether (sulfide) groups is 1. The number of hydrogen-bond acceptors (Lipinski definition) is 3. The number of rotatable bonds is 6. The molecule has 0 aliphatic heterocycles. The molecule has 0 saturated heterocycles. The predicted molar refractivity (Wildman–Crippen MR) is 112 cm³/mol. The molecule has 0 atom stereocenters. The summed E-state index contributed by atoms with van der Waals surface area (Å²) in [7, 11) is 0. The Kier molecular flexibility index (Phi) is 5.15. The van der Waals surface area contributed by atoms with Gasteiger partial charge < -0.3 is 9.88 Å². The van der Waals surface area contributed by atoms with Gasteiger partial charge in [-0.15, -0.1) is 0 Å². The quantitative estimate of drug-likeness (QED) is 0.650. The highest BCUT2D eigenvalue weighted by Gasteiger charge is 2.40. The van der Waals surface area contributed by atoms with Gasteiger partial charge in [0.15, 0.2) is 0 Å². The van der Waals surface area contributed by atoms with Gasteiger partial charge in [0.2, 0.25) is 5.91 Å². The van der Waals surface area contributed by atoms with Crippen molar-refractivity contribution in [1.82, 2.24) is 14.9 Å². The summed E-state index contributed by atoms with van der Waals surface area (Å²) in [6.07, 6.45) is 5.09. The number of nitrogens with one attached hydrogen (secondary N) is 1. The monoisotopic (exact) mass is 399 g/mol. The zero-order valence-corrected chi connectivity index (χ0v) is 16.8. The van der Waals surface area contributed by atoms with E-state index in [9.17, 15) is 4.79 Å². The second-order valence-electron chi connectivity index (χ2n) is 7.03. The van der Waals surface area contributed by atoms with Crippen molar-refractivity contribution in [3.05, 3.63) is 64.9 Å². The molecule has 1 saturated carbocycles. The average molecular weight is 400 g/mol. The summed E-state index contributed by atoms with van der Waals surface area (Å²) in [5.41, 5.74) is 2.81. The van der Waals surface area contributed by atoms with Gasteiger partial charge in [0.25, 0.3) is 0 Å². The number of fused-ring (bicyclic) bond motifs is 1. The highest BCUT2D eigenvalue weighted by molar-refractivity contribution is 7.97. The lowest BCUT2D eigenvalue weighted by molar-refractivity contribution is -0.124. The minimum absolute atomic E-state index is 0.0233. The minimum Gasteiger partial charge on any atom is -0.345 e. The van der Waals surface area contributed by atoms with E-state index in [1.165, 1.54) is 0 Å². The average Bonchev–Trinajstić information content (AvgIpc) is 2.97. The lowest BCUT2D eigenvalue weighted by Crippen LogP contribution is -2.51. The van der Waals surface area contributed by atoms with Crippen molar-refractivity contribution in [2.45, 2.75) is 37.1 Å². The predicted octanol–water partition coefficient (Wildman–Crippen LogP) is 4.75. The van der Waals surface area contributed by atoms with Gasteiger partial charge in [-0.25, -0.2) is 4.98 Å². The van der Waals surface area contributed by atoms with Crippen molar-refractivity contribution >= 4 is 40.3 Å². The summed E-state index contributed by atoms with van der Waals surface area (Å²) in [6.45, 7) is 0.283. The van der Waals surface area contributed by atoms with Crippen LogP contribution in [0.3, 0.4) is 0 Å². The molecule has 1 fully saturated rings. The van der Waals surface area contributed by atoms with Gasteiger partial charge in [-0.05, 0) is 55.3 Å². The Balaban J connectivity index is 1.58. The molecule has 1 aliphatic carbocycles. The molecular weight excluding hydrogens is 378 g/mol. The van der Waals surface area contributed by atoms with Gasteiger partial charge in [0, 0.05) is 5.02 Å². The standard InChI is InChI=1S/C21H22ClN3OS/c1-27-14-19-23-17-5-2-3-6-18(17)25(19)13-20(26)24-21(11-4-12-21)15-7-9-16(22)10-8-15/h2-3,5-10H,4,11-14H2,1H3,(H,24,26). The van der Waals surface area contributed by atoms with Crippen LogP contribution in [-0.4, -0.2) is 21.7 Å². The summed E-state index contributed by atoms with van der Waals surface area (Å²) in [4.78, 5) is 17.7.